The summed E-state index contributed by atoms with van der Waals surface area (Å²) >= 11 is 0. The van der Waals surface area contributed by atoms with Crippen molar-refractivity contribution in [1.29, 1.82) is 0 Å². The van der Waals surface area contributed by atoms with Gasteiger partial charge in [0, 0.05) is 18.0 Å². The molecule has 0 radical (unpaired) electrons. The maximum Gasteiger partial charge on any atom is 0.242 e. The van der Waals surface area contributed by atoms with Crippen LogP contribution >= 0.6 is 0 Å². The van der Waals surface area contributed by atoms with Crippen LogP contribution in [0.1, 0.15) is 19.4 Å². The summed E-state index contributed by atoms with van der Waals surface area (Å²) in [7, 11) is -3.36. The molecule has 0 aliphatic carbocycles. The van der Waals surface area contributed by atoms with Crippen molar-refractivity contribution in [2.24, 2.45) is 5.73 Å². The number of amides is 1. The summed E-state index contributed by atoms with van der Waals surface area (Å²) in [6.45, 7) is 3.34. The molecule has 0 bridgehead atoms. The zero-order valence-corrected chi connectivity index (χ0v) is 11.3. The molecule has 6 heteroatoms. The van der Waals surface area contributed by atoms with Crippen LogP contribution in [0.5, 0.6) is 0 Å². The lowest BCUT2D eigenvalue weighted by molar-refractivity contribution is -0.115. The fourth-order valence-electron chi connectivity index (χ4n) is 1.38. The zero-order chi connectivity index (χ0) is 13.8. The Kier molecular flexibility index (Phi) is 4.86. The first-order valence-corrected chi connectivity index (χ1v) is 7.43. The van der Waals surface area contributed by atoms with Gasteiger partial charge in [-0.15, -0.1) is 0 Å². The van der Waals surface area contributed by atoms with Crippen molar-refractivity contribution in [1.82, 2.24) is 0 Å². The van der Waals surface area contributed by atoms with E-state index in [1.165, 1.54) is 13.8 Å². The molecule has 0 saturated heterocycles. The zero-order valence-electron chi connectivity index (χ0n) is 10.5. The number of nitrogens with one attached hydrogen (secondary N) is 1. The molecule has 1 aromatic rings. The third kappa shape index (κ3) is 3.54. The number of rotatable bonds is 5. The van der Waals surface area contributed by atoms with Crippen molar-refractivity contribution >= 4 is 21.4 Å². The standard InChI is InChI=1S/C12H18N2O3S/c1-3-18(16,17)9(2)12(15)14-11-6-4-10(8-13)5-7-11/h4-7,9H,3,8,13H2,1-2H3,(H,14,15). The van der Waals surface area contributed by atoms with Gasteiger partial charge in [-0.25, -0.2) is 8.42 Å². The minimum absolute atomic E-state index is 0.0479. The number of hydrogen-bond donors (Lipinski definition) is 2. The van der Waals surface area contributed by atoms with Gasteiger partial charge in [0.15, 0.2) is 9.84 Å². The van der Waals surface area contributed by atoms with Crippen LogP contribution < -0.4 is 11.1 Å². The summed E-state index contributed by atoms with van der Waals surface area (Å²) in [6, 6.07) is 6.97. The van der Waals surface area contributed by atoms with E-state index < -0.39 is 21.0 Å². The van der Waals surface area contributed by atoms with Gasteiger partial charge < -0.3 is 11.1 Å². The van der Waals surface area contributed by atoms with Crippen molar-refractivity contribution < 1.29 is 13.2 Å². The van der Waals surface area contributed by atoms with Crippen LogP contribution in [0.3, 0.4) is 0 Å². The Hall–Kier alpha value is -1.40. The first kappa shape index (κ1) is 14.7. The second kappa shape index (κ2) is 5.97. The molecule has 1 unspecified atom stereocenters. The highest BCUT2D eigenvalue weighted by molar-refractivity contribution is 7.92. The minimum atomic E-state index is -3.36. The Morgan fingerprint density at radius 1 is 1.33 bits per heavy atom. The smallest absolute Gasteiger partial charge is 0.242 e. The molecule has 0 aromatic heterocycles. The predicted molar refractivity (Wildman–Crippen MR) is 71.9 cm³/mol. The molecule has 0 aliphatic rings. The van der Waals surface area contributed by atoms with Gasteiger partial charge in [0.25, 0.3) is 0 Å². The van der Waals surface area contributed by atoms with Gasteiger partial charge in [-0.2, -0.15) is 0 Å². The van der Waals surface area contributed by atoms with Crippen molar-refractivity contribution in [2.75, 3.05) is 11.1 Å². The van der Waals surface area contributed by atoms with Crippen LogP contribution in [0.4, 0.5) is 5.69 Å². The van der Waals surface area contributed by atoms with E-state index in [4.69, 9.17) is 5.73 Å². The molecule has 3 N–H and O–H groups in total. The first-order valence-electron chi connectivity index (χ1n) is 5.72. The fourth-order valence-corrected chi connectivity index (χ4v) is 2.27. The summed E-state index contributed by atoms with van der Waals surface area (Å²) in [4.78, 5) is 11.8. The van der Waals surface area contributed by atoms with Crippen molar-refractivity contribution in [3.8, 4) is 0 Å². The summed E-state index contributed by atoms with van der Waals surface area (Å²) < 4.78 is 23.1. The third-order valence-electron chi connectivity index (χ3n) is 2.77. The summed E-state index contributed by atoms with van der Waals surface area (Å²) in [6.07, 6.45) is 0. The lowest BCUT2D eigenvalue weighted by Gasteiger charge is -2.12. The lowest BCUT2D eigenvalue weighted by Crippen LogP contribution is -2.33. The number of carbonyl (C=O) groups excluding carboxylic acids is 1. The molecule has 0 fully saturated rings. The molecule has 5 nitrogen and oxygen atoms in total. The lowest BCUT2D eigenvalue weighted by atomic mass is 10.2. The van der Waals surface area contributed by atoms with E-state index in [1.54, 1.807) is 24.3 Å². The van der Waals surface area contributed by atoms with Gasteiger partial charge in [-0.3, -0.25) is 4.79 Å². The van der Waals surface area contributed by atoms with E-state index in [1.807, 2.05) is 0 Å². The van der Waals surface area contributed by atoms with E-state index in [9.17, 15) is 13.2 Å². The molecule has 0 aliphatic heterocycles. The fraction of sp³-hybridized carbons (Fsp3) is 0.417. The first-order chi connectivity index (χ1) is 8.40. The number of sulfone groups is 1. The van der Waals surface area contributed by atoms with Crippen molar-refractivity contribution in [3.05, 3.63) is 29.8 Å². The normalized spacial score (nSPS) is 13.1. The molecule has 1 aromatic carbocycles. The van der Waals surface area contributed by atoms with E-state index in [-0.39, 0.29) is 5.75 Å². The van der Waals surface area contributed by atoms with Gasteiger partial charge in [-0.05, 0) is 24.6 Å². The van der Waals surface area contributed by atoms with Gasteiger partial charge >= 0.3 is 0 Å². The van der Waals surface area contributed by atoms with Crippen LogP contribution in [0.15, 0.2) is 24.3 Å². The molecule has 0 spiro atoms. The Labute approximate surface area is 107 Å². The van der Waals surface area contributed by atoms with Gasteiger partial charge in [0.2, 0.25) is 5.91 Å². The average molecular weight is 270 g/mol. The summed E-state index contributed by atoms with van der Waals surface area (Å²) in [5.74, 6) is -0.564. The van der Waals surface area contributed by atoms with Crippen LogP contribution in [-0.4, -0.2) is 25.3 Å². The van der Waals surface area contributed by atoms with Crippen LogP contribution in [-0.2, 0) is 21.2 Å². The quantitative estimate of drug-likeness (QED) is 0.832. The number of anilines is 1. The highest BCUT2D eigenvalue weighted by atomic mass is 32.2. The highest BCUT2D eigenvalue weighted by Gasteiger charge is 2.26. The molecule has 1 amide bonds. The number of benzene rings is 1. The van der Waals surface area contributed by atoms with Crippen molar-refractivity contribution in [2.45, 2.75) is 25.6 Å². The van der Waals surface area contributed by atoms with Gasteiger partial charge in [-0.1, -0.05) is 19.1 Å². The van der Waals surface area contributed by atoms with Crippen LogP contribution in [0, 0.1) is 0 Å². The topological polar surface area (TPSA) is 89.3 Å². The SMILES string of the molecule is CCS(=O)(=O)C(C)C(=O)Nc1ccc(CN)cc1. The second-order valence-electron chi connectivity index (χ2n) is 3.98. The molecular weight excluding hydrogens is 252 g/mol. The molecule has 1 rings (SSSR count). The molecular formula is C12H18N2O3S. The number of hydrogen-bond acceptors (Lipinski definition) is 4. The Bertz CT molecular complexity index is 509. The van der Waals surface area contributed by atoms with E-state index in [0.29, 0.717) is 12.2 Å². The largest absolute Gasteiger partial charge is 0.326 e. The molecule has 0 heterocycles. The Morgan fingerprint density at radius 3 is 2.33 bits per heavy atom. The third-order valence-corrected chi connectivity index (χ3v) is 4.86. The van der Waals surface area contributed by atoms with E-state index in [2.05, 4.69) is 5.32 Å². The average Bonchev–Trinajstić information content (AvgIpc) is 2.38. The second-order valence-corrected chi connectivity index (χ2v) is 6.59. The van der Waals surface area contributed by atoms with E-state index >= 15 is 0 Å². The maximum atomic E-state index is 11.8. The van der Waals surface area contributed by atoms with Crippen molar-refractivity contribution in [3.63, 3.8) is 0 Å². The predicted octanol–water partition coefficient (Wildman–Crippen LogP) is 0.907. The Morgan fingerprint density at radius 2 is 1.89 bits per heavy atom. The number of nitrogens with two attached hydrogens (primary N) is 1. The molecule has 1 atom stereocenters. The highest BCUT2D eigenvalue weighted by Crippen LogP contribution is 2.11. The summed E-state index contributed by atoms with van der Waals surface area (Å²) in [5.41, 5.74) is 6.97. The molecule has 100 valence electrons. The Balaban J connectivity index is 2.75. The molecule has 18 heavy (non-hydrogen) atoms. The van der Waals surface area contributed by atoms with E-state index in [0.717, 1.165) is 5.56 Å². The van der Waals surface area contributed by atoms with Gasteiger partial charge in [0.1, 0.15) is 5.25 Å². The van der Waals surface area contributed by atoms with Gasteiger partial charge in [0.05, 0.1) is 0 Å². The minimum Gasteiger partial charge on any atom is -0.326 e. The monoisotopic (exact) mass is 270 g/mol. The summed E-state index contributed by atoms with van der Waals surface area (Å²) in [5, 5.41) is 1.53. The van der Waals surface area contributed by atoms with Crippen LogP contribution in [0.25, 0.3) is 0 Å². The number of carbonyl (C=O) groups is 1. The maximum absolute atomic E-state index is 11.8. The molecule has 0 saturated carbocycles. The van der Waals surface area contributed by atoms with Crippen LogP contribution in [0.2, 0.25) is 0 Å².